The summed E-state index contributed by atoms with van der Waals surface area (Å²) in [4.78, 5) is 16.4. The first kappa shape index (κ1) is 20.2. The second-order valence-corrected chi connectivity index (χ2v) is 7.69. The summed E-state index contributed by atoms with van der Waals surface area (Å²) in [6, 6.07) is 19.2. The maximum atomic E-state index is 12.5. The number of rotatable bonds is 5. The monoisotopic (exact) mass is 422 g/mol. The lowest BCUT2D eigenvalue weighted by molar-refractivity contribution is -0.133. The molecular weight excluding hydrogens is 400 g/mol. The molecule has 0 atom stereocenters. The highest BCUT2D eigenvalue weighted by molar-refractivity contribution is 6.30. The van der Waals surface area contributed by atoms with Crippen molar-refractivity contribution in [3.05, 3.63) is 71.2 Å². The molecule has 2 aromatic carbocycles. The van der Waals surface area contributed by atoms with Crippen molar-refractivity contribution >= 4 is 23.3 Å². The Morgan fingerprint density at radius 3 is 2.27 bits per heavy atom. The predicted molar refractivity (Wildman–Crippen MR) is 118 cm³/mol. The number of aryl methyl sites for hydroxylation is 1. The molecule has 1 aliphatic rings. The number of nitrogens with zero attached hydrogens (tertiary/aromatic N) is 4. The summed E-state index contributed by atoms with van der Waals surface area (Å²) in [7, 11) is 0. The van der Waals surface area contributed by atoms with Crippen LogP contribution in [0.3, 0.4) is 0 Å². The lowest BCUT2D eigenvalue weighted by atomic mass is 10.1. The second-order valence-electron chi connectivity index (χ2n) is 7.25. The number of carbonyl (C=O) groups is 1. The molecule has 1 amide bonds. The van der Waals surface area contributed by atoms with Gasteiger partial charge in [0.2, 0.25) is 0 Å². The van der Waals surface area contributed by atoms with Gasteiger partial charge in [-0.3, -0.25) is 4.79 Å². The van der Waals surface area contributed by atoms with Crippen molar-refractivity contribution in [2.75, 3.05) is 37.7 Å². The number of ether oxygens (including phenoxy) is 1. The van der Waals surface area contributed by atoms with Crippen molar-refractivity contribution in [2.24, 2.45) is 0 Å². The molecule has 1 aliphatic heterocycles. The van der Waals surface area contributed by atoms with E-state index in [0.29, 0.717) is 37.0 Å². The van der Waals surface area contributed by atoms with Crippen LogP contribution in [0.25, 0.3) is 11.3 Å². The number of benzene rings is 2. The summed E-state index contributed by atoms with van der Waals surface area (Å²) in [6.07, 6.45) is 0. The van der Waals surface area contributed by atoms with Gasteiger partial charge in [-0.15, -0.1) is 10.2 Å². The molecule has 3 aromatic rings. The summed E-state index contributed by atoms with van der Waals surface area (Å²) >= 11 is 5.94. The van der Waals surface area contributed by atoms with Crippen molar-refractivity contribution in [1.29, 1.82) is 0 Å². The van der Waals surface area contributed by atoms with Crippen molar-refractivity contribution in [2.45, 2.75) is 6.92 Å². The number of aromatic nitrogens is 2. The summed E-state index contributed by atoms with van der Waals surface area (Å²) in [5, 5.41) is 9.41. The number of halogens is 1. The van der Waals surface area contributed by atoms with E-state index in [4.69, 9.17) is 16.3 Å². The molecule has 0 N–H and O–H groups in total. The van der Waals surface area contributed by atoms with Crippen LogP contribution in [-0.2, 0) is 4.79 Å². The Bertz CT molecular complexity index is 983. The van der Waals surface area contributed by atoms with Crippen LogP contribution in [0.1, 0.15) is 5.56 Å². The van der Waals surface area contributed by atoms with Gasteiger partial charge in [0.1, 0.15) is 5.75 Å². The van der Waals surface area contributed by atoms with Crippen LogP contribution in [0.5, 0.6) is 5.75 Å². The van der Waals surface area contributed by atoms with Gasteiger partial charge in [0.05, 0.1) is 5.69 Å². The van der Waals surface area contributed by atoms with Gasteiger partial charge in [-0.05, 0) is 43.3 Å². The molecule has 0 unspecified atom stereocenters. The zero-order valence-corrected chi connectivity index (χ0v) is 17.5. The quantitative estimate of drug-likeness (QED) is 0.625. The largest absolute Gasteiger partial charge is 0.484 e. The lowest BCUT2D eigenvalue weighted by Gasteiger charge is -2.35. The normalized spacial score (nSPS) is 13.9. The summed E-state index contributed by atoms with van der Waals surface area (Å²) in [6.45, 7) is 4.77. The molecule has 1 saturated heterocycles. The van der Waals surface area contributed by atoms with Crippen molar-refractivity contribution in [3.63, 3.8) is 0 Å². The van der Waals surface area contributed by atoms with Gasteiger partial charge >= 0.3 is 0 Å². The number of carbonyl (C=O) groups excluding carboxylic acids is 1. The molecule has 0 spiro atoms. The number of hydrogen-bond acceptors (Lipinski definition) is 5. The third-order valence-electron chi connectivity index (χ3n) is 5.13. The van der Waals surface area contributed by atoms with Crippen LogP contribution in [0, 0.1) is 6.92 Å². The van der Waals surface area contributed by atoms with Crippen LogP contribution >= 0.6 is 11.6 Å². The van der Waals surface area contributed by atoms with E-state index in [-0.39, 0.29) is 12.5 Å². The van der Waals surface area contributed by atoms with Gasteiger partial charge in [0.25, 0.3) is 5.91 Å². The molecular formula is C23H23ClN4O2. The topological polar surface area (TPSA) is 58.6 Å². The van der Waals surface area contributed by atoms with Crippen LogP contribution in [0.2, 0.25) is 5.02 Å². The Morgan fingerprint density at radius 1 is 0.933 bits per heavy atom. The number of anilines is 1. The van der Waals surface area contributed by atoms with E-state index in [1.165, 1.54) is 0 Å². The smallest absolute Gasteiger partial charge is 0.260 e. The molecule has 4 rings (SSSR count). The molecule has 0 aliphatic carbocycles. The highest BCUT2D eigenvalue weighted by Gasteiger charge is 2.22. The van der Waals surface area contributed by atoms with Gasteiger partial charge in [-0.1, -0.05) is 41.4 Å². The number of amides is 1. The zero-order chi connectivity index (χ0) is 20.9. The average Bonchev–Trinajstić information content (AvgIpc) is 2.79. The zero-order valence-electron chi connectivity index (χ0n) is 16.8. The van der Waals surface area contributed by atoms with Crippen LogP contribution in [0.15, 0.2) is 60.7 Å². The minimum atomic E-state index is -0.000560. The Kier molecular flexibility index (Phi) is 6.14. The van der Waals surface area contributed by atoms with Crippen molar-refractivity contribution < 1.29 is 9.53 Å². The predicted octanol–water partition coefficient (Wildman–Crippen LogP) is 3.83. The fourth-order valence-electron chi connectivity index (χ4n) is 3.32. The van der Waals surface area contributed by atoms with E-state index in [1.54, 1.807) is 0 Å². The van der Waals surface area contributed by atoms with Crippen LogP contribution < -0.4 is 9.64 Å². The number of hydrogen-bond donors (Lipinski definition) is 0. The van der Waals surface area contributed by atoms with E-state index in [1.807, 2.05) is 72.5 Å². The molecule has 0 radical (unpaired) electrons. The highest BCUT2D eigenvalue weighted by atomic mass is 35.5. The Hall–Kier alpha value is -3.12. The molecule has 1 aromatic heterocycles. The van der Waals surface area contributed by atoms with E-state index >= 15 is 0 Å². The van der Waals surface area contributed by atoms with Gasteiger partial charge in [0.15, 0.2) is 12.4 Å². The first-order valence-corrected chi connectivity index (χ1v) is 10.3. The summed E-state index contributed by atoms with van der Waals surface area (Å²) in [5.74, 6) is 1.53. The minimum absolute atomic E-state index is 0.000560. The van der Waals surface area contributed by atoms with E-state index in [9.17, 15) is 4.79 Å². The third kappa shape index (κ3) is 4.89. The Labute approximate surface area is 181 Å². The fraction of sp³-hybridized carbons (Fsp3) is 0.261. The lowest BCUT2D eigenvalue weighted by Crippen LogP contribution is -2.50. The molecule has 1 fully saturated rings. The minimum Gasteiger partial charge on any atom is -0.484 e. The fourth-order valence-corrected chi connectivity index (χ4v) is 3.45. The number of piperazine rings is 1. The Morgan fingerprint density at radius 2 is 1.63 bits per heavy atom. The average molecular weight is 423 g/mol. The van der Waals surface area contributed by atoms with E-state index in [0.717, 1.165) is 22.6 Å². The van der Waals surface area contributed by atoms with E-state index in [2.05, 4.69) is 15.1 Å². The maximum absolute atomic E-state index is 12.5. The second kappa shape index (κ2) is 9.13. The molecule has 0 bridgehead atoms. The molecule has 7 heteroatoms. The van der Waals surface area contributed by atoms with Gasteiger partial charge in [-0.25, -0.2) is 0 Å². The first-order chi connectivity index (χ1) is 14.6. The van der Waals surface area contributed by atoms with Crippen molar-refractivity contribution in [3.8, 4) is 17.0 Å². The SMILES string of the molecule is Cc1ccc(OCC(=O)N2CCN(c3ccc(-c4ccc(Cl)cc4)nn3)CC2)cc1. The Balaban J connectivity index is 1.29. The summed E-state index contributed by atoms with van der Waals surface area (Å²) in [5.41, 5.74) is 2.94. The summed E-state index contributed by atoms with van der Waals surface area (Å²) < 4.78 is 5.61. The molecule has 0 saturated carbocycles. The highest BCUT2D eigenvalue weighted by Crippen LogP contribution is 2.21. The van der Waals surface area contributed by atoms with E-state index < -0.39 is 0 Å². The van der Waals surface area contributed by atoms with Crippen molar-refractivity contribution in [1.82, 2.24) is 15.1 Å². The molecule has 154 valence electrons. The van der Waals surface area contributed by atoms with Crippen LogP contribution in [0.4, 0.5) is 5.82 Å². The first-order valence-electron chi connectivity index (χ1n) is 9.90. The molecule has 6 nitrogen and oxygen atoms in total. The molecule has 2 heterocycles. The van der Waals surface area contributed by atoms with Gasteiger partial charge < -0.3 is 14.5 Å². The maximum Gasteiger partial charge on any atom is 0.260 e. The standard InChI is InChI=1S/C23H23ClN4O2/c1-17-2-8-20(9-3-17)30-16-23(29)28-14-12-27(13-15-28)22-11-10-21(25-26-22)18-4-6-19(24)7-5-18/h2-11H,12-16H2,1H3. The van der Waals surface area contributed by atoms with Gasteiger partial charge in [-0.2, -0.15) is 0 Å². The van der Waals surface area contributed by atoms with Crippen LogP contribution in [-0.4, -0.2) is 53.8 Å². The van der Waals surface area contributed by atoms with Gasteiger partial charge in [0, 0.05) is 36.8 Å². The third-order valence-corrected chi connectivity index (χ3v) is 5.38. The molecule has 30 heavy (non-hydrogen) atoms.